The average molecular weight is 354 g/mol. The number of methoxy groups -OCH3 is 1. The third kappa shape index (κ3) is 4.17. The van der Waals surface area contributed by atoms with E-state index in [0.29, 0.717) is 11.3 Å². The van der Waals surface area contributed by atoms with E-state index < -0.39 is 5.97 Å². The summed E-state index contributed by atoms with van der Waals surface area (Å²) < 4.78 is 4.68. The summed E-state index contributed by atoms with van der Waals surface area (Å²) in [5, 5.41) is 11.0. The van der Waals surface area contributed by atoms with Gasteiger partial charge >= 0.3 is 5.97 Å². The lowest BCUT2D eigenvalue weighted by Crippen LogP contribution is -2.33. The molecule has 0 radical (unpaired) electrons. The Morgan fingerprint density at radius 2 is 1.92 bits per heavy atom. The summed E-state index contributed by atoms with van der Waals surface area (Å²) in [6.07, 6.45) is 2.28. The van der Waals surface area contributed by atoms with Crippen LogP contribution in [0.4, 0.5) is 11.5 Å². The topological polar surface area (TPSA) is 84.4 Å². The molecule has 2 heterocycles. The molecule has 7 nitrogen and oxygen atoms in total. The standard InChI is InChI=1S/C19H22N4O3/c1-13-8-10-23(11-9-13)17-7-6-16(21-22-17)18(24)20-15-5-3-4-14(12-15)19(25)26-2/h3-7,12-13H,8-11H2,1-2H3,(H,20,24). The highest BCUT2D eigenvalue weighted by Gasteiger charge is 2.18. The summed E-state index contributed by atoms with van der Waals surface area (Å²) in [4.78, 5) is 26.1. The maximum atomic E-state index is 12.4. The molecule has 1 amide bonds. The second-order valence-electron chi connectivity index (χ2n) is 6.47. The van der Waals surface area contributed by atoms with E-state index in [2.05, 4.69) is 32.1 Å². The molecule has 1 aliphatic heterocycles. The Morgan fingerprint density at radius 1 is 1.15 bits per heavy atom. The zero-order chi connectivity index (χ0) is 18.5. The molecule has 26 heavy (non-hydrogen) atoms. The predicted molar refractivity (Wildman–Crippen MR) is 98.4 cm³/mol. The van der Waals surface area contributed by atoms with Crippen LogP contribution in [0.5, 0.6) is 0 Å². The van der Waals surface area contributed by atoms with Crippen LogP contribution >= 0.6 is 0 Å². The number of benzene rings is 1. The summed E-state index contributed by atoms with van der Waals surface area (Å²) in [5.74, 6) is 0.700. The summed E-state index contributed by atoms with van der Waals surface area (Å²) in [6, 6.07) is 10.0. The first-order valence-electron chi connectivity index (χ1n) is 8.65. The van der Waals surface area contributed by atoms with Gasteiger partial charge in [0.1, 0.15) is 0 Å². The molecular formula is C19H22N4O3. The maximum Gasteiger partial charge on any atom is 0.337 e. The molecule has 1 fully saturated rings. The lowest BCUT2D eigenvalue weighted by atomic mass is 9.99. The molecule has 136 valence electrons. The van der Waals surface area contributed by atoms with Gasteiger partial charge in [0.15, 0.2) is 11.5 Å². The van der Waals surface area contributed by atoms with Gasteiger partial charge in [-0.2, -0.15) is 0 Å². The molecule has 7 heteroatoms. The zero-order valence-electron chi connectivity index (χ0n) is 14.9. The minimum Gasteiger partial charge on any atom is -0.465 e. The van der Waals surface area contributed by atoms with Gasteiger partial charge in [-0.05, 0) is 49.1 Å². The van der Waals surface area contributed by atoms with E-state index in [1.807, 2.05) is 6.07 Å². The first-order chi connectivity index (χ1) is 12.6. The molecule has 1 aliphatic rings. The van der Waals surface area contributed by atoms with Gasteiger partial charge in [0.25, 0.3) is 5.91 Å². The Balaban J connectivity index is 1.66. The molecule has 0 aliphatic carbocycles. The summed E-state index contributed by atoms with van der Waals surface area (Å²) >= 11 is 0. The van der Waals surface area contributed by atoms with Crippen molar-refractivity contribution in [3.63, 3.8) is 0 Å². The molecule has 3 rings (SSSR count). The number of esters is 1. The predicted octanol–water partition coefficient (Wildman–Crippen LogP) is 2.75. The van der Waals surface area contributed by atoms with Crippen molar-refractivity contribution in [1.82, 2.24) is 10.2 Å². The third-order valence-corrected chi connectivity index (χ3v) is 4.53. The Kier molecular flexibility index (Phi) is 5.46. The molecule has 2 aromatic rings. The molecule has 1 aromatic heterocycles. The highest BCUT2D eigenvalue weighted by molar-refractivity contribution is 6.03. The van der Waals surface area contributed by atoms with E-state index in [-0.39, 0.29) is 11.6 Å². The van der Waals surface area contributed by atoms with Gasteiger partial charge in [0.2, 0.25) is 0 Å². The molecule has 1 N–H and O–H groups in total. The van der Waals surface area contributed by atoms with Crippen molar-refractivity contribution < 1.29 is 14.3 Å². The van der Waals surface area contributed by atoms with Crippen LogP contribution in [0.2, 0.25) is 0 Å². The van der Waals surface area contributed by atoms with Crippen LogP contribution < -0.4 is 10.2 Å². The number of anilines is 2. The number of hydrogen-bond donors (Lipinski definition) is 1. The fourth-order valence-corrected chi connectivity index (χ4v) is 2.89. The quantitative estimate of drug-likeness (QED) is 0.850. The van der Waals surface area contributed by atoms with E-state index in [1.165, 1.54) is 7.11 Å². The summed E-state index contributed by atoms with van der Waals surface area (Å²) in [5.41, 5.74) is 1.09. The van der Waals surface area contributed by atoms with Gasteiger partial charge < -0.3 is 15.0 Å². The van der Waals surface area contributed by atoms with Crippen LogP contribution in [0.3, 0.4) is 0 Å². The van der Waals surface area contributed by atoms with Gasteiger partial charge in [-0.3, -0.25) is 4.79 Å². The van der Waals surface area contributed by atoms with Crippen molar-refractivity contribution in [2.24, 2.45) is 5.92 Å². The van der Waals surface area contributed by atoms with Crippen molar-refractivity contribution in [2.45, 2.75) is 19.8 Å². The normalized spacial score (nSPS) is 14.8. The Labute approximate surface area is 152 Å². The van der Waals surface area contributed by atoms with Gasteiger partial charge in [0.05, 0.1) is 12.7 Å². The van der Waals surface area contributed by atoms with Crippen molar-refractivity contribution >= 4 is 23.4 Å². The van der Waals surface area contributed by atoms with Crippen molar-refractivity contribution in [1.29, 1.82) is 0 Å². The van der Waals surface area contributed by atoms with Crippen molar-refractivity contribution in [2.75, 3.05) is 30.4 Å². The van der Waals surface area contributed by atoms with Crippen LogP contribution in [0.1, 0.15) is 40.6 Å². The van der Waals surface area contributed by atoms with E-state index >= 15 is 0 Å². The molecule has 1 saturated heterocycles. The molecule has 0 unspecified atom stereocenters. The molecule has 0 saturated carbocycles. The number of rotatable bonds is 4. The van der Waals surface area contributed by atoms with Crippen LogP contribution in [0.15, 0.2) is 36.4 Å². The summed E-state index contributed by atoms with van der Waals surface area (Å²) in [6.45, 7) is 4.18. The lowest BCUT2D eigenvalue weighted by Gasteiger charge is -2.30. The number of hydrogen-bond acceptors (Lipinski definition) is 6. The first kappa shape index (κ1) is 17.8. The second kappa shape index (κ2) is 7.95. The number of amides is 1. The lowest BCUT2D eigenvalue weighted by molar-refractivity contribution is 0.0600. The van der Waals surface area contributed by atoms with Crippen LogP contribution in [-0.2, 0) is 4.74 Å². The van der Waals surface area contributed by atoms with Gasteiger partial charge in [-0.25, -0.2) is 4.79 Å². The number of nitrogens with one attached hydrogen (secondary N) is 1. The van der Waals surface area contributed by atoms with Gasteiger partial charge in [-0.1, -0.05) is 13.0 Å². The summed E-state index contributed by atoms with van der Waals surface area (Å²) in [7, 11) is 1.31. The Morgan fingerprint density at radius 3 is 2.58 bits per heavy atom. The van der Waals surface area contributed by atoms with Gasteiger partial charge in [0, 0.05) is 18.8 Å². The third-order valence-electron chi connectivity index (χ3n) is 4.53. The molecule has 0 bridgehead atoms. The number of ether oxygens (including phenoxy) is 1. The highest BCUT2D eigenvalue weighted by Crippen LogP contribution is 2.21. The van der Waals surface area contributed by atoms with Crippen molar-refractivity contribution in [3.8, 4) is 0 Å². The number of carbonyl (C=O) groups excluding carboxylic acids is 2. The largest absolute Gasteiger partial charge is 0.465 e. The SMILES string of the molecule is COC(=O)c1cccc(NC(=O)c2ccc(N3CCC(C)CC3)nn2)c1. The zero-order valence-corrected chi connectivity index (χ0v) is 14.9. The fourth-order valence-electron chi connectivity index (χ4n) is 2.89. The molecular weight excluding hydrogens is 332 g/mol. The van der Waals surface area contributed by atoms with Gasteiger partial charge in [-0.15, -0.1) is 10.2 Å². The second-order valence-corrected chi connectivity index (χ2v) is 6.47. The minimum atomic E-state index is -0.457. The van der Waals surface area contributed by atoms with E-state index in [4.69, 9.17) is 0 Å². The number of piperidine rings is 1. The molecule has 0 spiro atoms. The van der Waals surface area contributed by atoms with Crippen LogP contribution in [-0.4, -0.2) is 42.3 Å². The molecule has 0 atom stereocenters. The monoisotopic (exact) mass is 354 g/mol. The van der Waals surface area contributed by atoms with Crippen LogP contribution in [0.25, 0.3) is 0 Å². The molecule has 1 aromatic carbocycles. The van der Waals surface area contributed by atoms with E-state index in [9.17, 15) is 9.59 Å². The minimum absolute atomic E-state index is 0.225. The number of nitrogens with zero attached hydrogens (tertiary/aromatic N) is 3. The van der Waals surface area contributed by atoms with Crippen molar-refractivity contribution in [3.05, 3.63) is 47.7 Å². The maximum absolute atomic E-state index is 12.4. The fraction of sp³-hybridized carbons (Fsp3) is 0.368. The highest BCUT2D eigenvalue weighted by atomic mass is 16.5. The van der Waals surface area contributed by atoms with E-state index in [0.717, 1.165) is 37.7 Å². The van der Waals surface area contributed by atoms with E-state index in [1.54, 1.807) is 30.3 Å². The number of carbonyl (C=O) groups is 2. The Hall–Kier alpha value is -2.96. The Bertz CT molecular complexity index is 784. The van der Waals surface area contributed by atoms with Crippen LogP contribution in [0, 0.1) is 5.92 Å². The number of aromatic nitrogens is 2. The first-order valence-corrected chi connectivity index (χ1v) is 8.65. The average Bonchev–Trinajstić information content (AvgIpc) is 2.68. The smallest absolute Gasteiger partial charge is 0.337 e.